The monoisotopic (exact) mass is 564 g/mol. The van der Waals surface area contributed by atoms with Crippen LogP contribution in [0.1, 0.15) is 52.7 Å². The number of carbonyl (C=O) groups is 2. The summed E-state index contributed by atoms with van der Waals surface area (Å²) in [4.78, 5) is 26.6. The fraction of sp³-hybridized carbons (Fsp3) is 0.375. The molecule has 2 amide bonds. The zero-order valence-corrected chi connectivity index (χ0v) is 23.6. The van der Waals surface area contributed by atoms with E-state index in [0.29, 0.717) is 42.3 Å². The number of aryl methyl sites for hydroxylation is 1. The minimum Gasteiger partial charge on any atom is -0.478 e. The number of hydrogen-bond donors (Lipinski definition) is 2. The fourth-order valence-corrected chi connectivity index (χ4v) is 5.18. The average molecular weight is 565 g/mol. The SMILES string of the molecule is Cc1cccc(CO[C@@H]2CCC[C@H](OCCN(CCc3ccc(Cl)cc3)C(=O)Nc3ccccc3)C2)c1C(=O)O. The van der Waals surface area contributed by atoms with E-state index in [2.05, 4.69) is 5.32 Å². The van der Waals surface area contributed by atoms with Crippen LogP contribution in [0.4, 0.5) is 10.5 Å². The first-order valence-electron chi connectivity index (χ1n) is 13.8. The Kier molecular flexibility index (Phi) is 11.0. The molecule has 0 aliphatic heterocycles. The molecule has 8 heteroatoms. The number of hydrogen-bond acceptors (Lipinski definition) is 4. The normalized spacial score (nSPS) is 16.9. The number of aromatic carboxylic acids is 1. The number of anilines is 1. The first-order valence-corrected chi connectivity index (χ1v) is 14.2. The highest BCUT2D eigenvalue weighted by Crippen LogP contribution is 2.25. The topological polar surface area (TPSA) is 88.1 Å². The number of urea groups is 1. The first kappa shape index (κ1) is 29.6. The van der Waals surface area contributed by atoms with E-state index in [9.17, 15) is 14.7 Å². The van der Waals surface area contributed by atoms with Crippen molar-refractivity contribution in [2.45, 2.75) is 57.8 Å². The molecule has 2 N–H and O–H groups in total. The van der Waals surface area contributed by atoms with Gasteiger partial charge in [-0.3, -0.25) is 0 Å². The Morgan fingerprint density at radius 3 is 2.40 bits per heavy atom. The van der Waals surface area contributed by atoms with Crippen molar-refractivity contribution < 1.29 is 24.2 Å². The van der Waals surface area contributed by atoms with Gasteiger partial charge in [-0.1, -0.05) is 60.1 Å². The van der Waals surface area contributed by atoms with Crippen molar-refractivity contribution in [1.29, 1.82) is 0 Å². The van der Waals surface area contributed by atoms with Gasteiger partial charge in [0.2, 0.25) is 0 Å². The van der Waals surface area contributed by atoms with Crippen LogP contribution in [0.2, 0.25) is 5.02 Å². The summed E-state index contributed by atoms with van der Waals surface area (Å²) in [5.74, 6) is -0.932. The van der Waals surface area contributed by atoms with Crippen LogP contribution < -0.4 is 5.32 Å². The molecule has 0 unspecified atom stereocenters. The van der Waals surface area contributed by atoms with E-state index in [1.54, 1.807) is 17.9 Å². The maximum atomic E-state index is 13.1. The zero-order chi connectivity index (χ0) is 28.3. The Labute approximate surface area is 241 Å². The summed E-state index contributed by atoms with van der Waals surface area (Å²) in [6.45, 7) is 3.48. The zero-order valence-electron chi connectivity index (χ0n) is 22.9. The molecule has 212 valence electrons. The van der Waals surface area contributed by atoms with E-state index >= 15 is 0 Å². The van der Waals surface area contributed by atoms with Gasteiger partial charge in [-0.2, -0.15) is 0 Å². The molecule has 0 aromatic heterocycles. The van der Waals surface area contributed by atoms with Crippen LogP contribution in [0.5, 0.6) is 0 Å². The molecule has 0 spiro atoms. The minimum absolute atomic E-state index is 0.00305. The summed E-state index contributed by atoms with van der Waals surface area (Å²) >= 11 is 6.02. The number of rotatable bonds is 12. The summed E-state index contributed by atoms with van der Waals surface area (Å²) in [5, 5.41) is 13.3. The number of nitrogens with zero attached hydrogens (tertiary/aromatic N) is 1. The van der Waals surface area contributed by atoms with Crippen LogP contribution in [0.3, 0.4) is 0 Å². The highest BCUT2D eigenvalue weighted by atomic mass is 35.5. The third-order valence-corrected chi connectivity index (χ3v) is 7.49. The standard InChI is InChI=1S/C32H37ClN2O5/c1-23-7-5-8-25(30(23)31(36)37)22-40-29-12-6-11-28(21-29)39-20-19-35(18-17-24-13-15-26(33)16-14-24)32(38)34-27-9-3-2-4-10-27/h2-5,7-10,13-16,28-29H,6,11-12,17-22H2,1H3,(H,34,38)(H,36,37)/t28-,29+/m0/s1. The number of amides is 2. The number of nitrogens with one attached hydrogen (secondary N) is 1. The van der Waals surface area contributed by atoms with E-state index in [-0.39, 0.29) is 24.8 Å². The third-order valence-electron chi connectivity index (χ3n) is 7.24. The Bertz CT molecular complexity index is 1250. The fourth-order valence-electron chi connectivity index (χ4n) is 5.05. The van der Waals surface area contributed by atoms with Crippen LogP contribution in [0.15, 0.2) is 72.8 Å². The number of benzene rings is 3. The van der Waals surface area contributed by atoms with Crippen molar-refractivity contribution in [2.24, 2.45) is 0 Å². The second-order valence-electron chi connectivity index (χ2n) is 10.2. The van der Waals surface area contributed by atoms with Crippen LogP contribution in [-0.4, -0.2) is 53.9 Å². The molecule has 40 heavy (non-hydrogen) atoms. The molecule has 0 heterocycles. The molecule has 3 aromatic carbocycles. The largest absolute Gasteiger partial charge is 0.478 e. The summed E-state index contributed by atoms with van der Waals surface area (Å²) in [6.07, 6.45) is 4.32. The summed E-state index contributed by atoms with van der Waals surface area (Å²) in [7, 11) is 0. The minimum atomic E-state index is -0.932. The maximum absolute atomic E-state index is 13.1. The Balaban J connectivity index is 1.29. The summed E-state index contributed by atoms with van der Waals surface area (Å²) in [6, 6.07) is 22.4. The lowest BCUT2D eigenvalue weighted by molar-refractivity contribution is -0.0522. The maximum Gasteiger partial charge on any atom is 0.336 e. The smallest absolute Gasteiger partial charge is 0.336 e. The number of carbonyl (C=O) groups excluding carboxylic acids is 1. The molecular weight excluding hydrogens is 528 g/mol. The van der Waals surface area contributed by atoms with Gasteiger partial charge in [-0.15, -0.1) is 0 Å². The van der Waals surface area contributed by atoms with Crippen LogP contribution >= 0.6 is 11.6 Å². The second-order valence-corrected chi connectivity index (χ2v) is 10.6. The summed E-state index contributed by atoms with van der Waals surface area (Å²) < 4.78 is 12.4. The molecule has 1 fully saturated rings. The highest BCUT2D eigenvalue weighted by molar-refractivity contribution is 6.30. The molecule has 1 aliphatic carbocycles. The van der Waals surface area contributed by atoms with Gasteiger partial charge in [-0.25, -0.2) is 9.59 Å². The van der Waals surface area contributed by atoms with Gasteiger partial charge in [0.15, 0.2) is 0 Å². The van der Waals surface area contributed by atoms with E-state index in [0.717, 1.165) is 42.5 Å². The molecule has 7 nitrogen and oxygen atoms in total. The molecule has 0 bridgehead atoms. The number of carboxylic acids is 1. The molecule has 4 rings (SSSR count). The van der Waals surface area contributed by atoms with Gasteiger partial charge in [0.25, 0.3) is 0 Å². The van der Waals surface area contributed by atoms with Crippen LogP contribution in [0.25, 0.3) is 0 Å². The number of ether oxygens (including phenoxy) is 2. The number of para-hydroxylation sites is 1. The van der Waals surface area contributed by atoms with Gasteiger partial charge in [-0.05, 0) is 80.0 Å². The van der Waals surface area contributed by atoms with Crippen molar-refractivity contribution in [3.05, 3.63) is 100 Å². The van der Waals surface area contributed by atoms with Crippen molar-refractivity contribution >= 4 is 29.3 Å². The quantitative estimate of drug-likeness (QED) is 0.248. The molecule has 0 radical (unpaired) electrons. The average Bonchev–Trinajstić information content (AvgIpc) is 2.95. The van der Waals surface area contributed by atoms with Gasteiger partial charge in [0.05, 0.1) is 31.0 Å². The van der Waals surface area contributed by atoms with E-state index in [4.69, 9.17) is 21.1 Å². The van der Waals surface area contributed by atoms with Crippen molar-refractivity contribution in [2.75, 3.05) is 25.0 Å². The summed E-state index contributed by atoms with van der Waals surface area (Å²) in [5.41, 5.74) is 3.59. The molecule has 1 aliphatic rings. The van der Waals surface area contributed by atoms with E-state index in [1.807, 2.05) is 66.7 Å². The lowest BCUT2D eigenvalue weighted by Crippen LogP contribution is -2.39. The predicted octanol–water partition coefficient (Wildman–Crippen LogP) is 6.97. The van der Waals surface area contributed by atoms with Gasteiger partial charge >= 0.3 is 12.0 Å². The highest BCUT2D eigenvalue weighted by Gasteiger charge is 2.24. The van der Waals surface area contributed by atoms with Crippen molar-refractivity contribution in [3.63, 3.8) is 0 Å². The molecule has 0 saturated heterocycles. The van der Waals surface area contributed by atoms with Gasteiger partial charge in [0, 0.05) is 23.8 Å². The number of halogens is 1. The van der Waals surface area contributed by atoms with Crippen LogP contribution in [0, 0.1) is 6.92 Å². The lowest BCUT2D eigenvalue weighted by atomic mass is 9.94. The Morgan fingerprint density at radius 2 is 1.68 bits per heavy atom. The van der Waals surface area contributed by atoms with Crippen molar-refractivity contribution in [1.82, 2.24) is 4.90 Å². The first-order chi connectivity index (χ1) is 19.4. The molecule has 3 aromatic rings. The lowest BCUT2D eigenvalue weighted by Gasteiger charge is -2.30. The Morgan fingerprint density at radius 1 is 0.950 bits per heavy atom. The second kappa shape index (κ2) is 14.8. The predicted molar refractivity (Wildman–Crippen MR) is 157 cm³/mol. The molecular formula is C32H37ClN2O5. The van der Waals surface area contributed by atoms with Crippen molar-refractivity contribution in [3.8, 4) is 0 Å². The third kappa shape index (κ3) is 8.81. The van der Waals surface area contributed by atoms with E-state index in [1.165, 1.54) is 0 Å². The molecule has 1 saturated carbocycles. The Hall–Kier alpha value is -3.39. The number of carboxylic acid groups (broad SMARTS) is 1. The molecule has 2 atom stereocenters. The van der Waals surface area contributed by atoms with Gasteiger partial charge < -0.3 is 24.8 Å². The van der Waals surface area contributed by atoms with Crippen LogP contribution in [-0.2, 0) is 22.5 Å². The van der Waals surface area contributed by atoms with Gasteiger partial charge in [0.1, 0.15) is 0 Å². The van der Waals surface area contributed by atoms with E-state index < -0.39 is 5.97 Å².